The van der Waals surface area contributed by atoms with E-state index in [1.807, 2.05) is 11.4 Å². The van der Waals surface area contributed by atoms with Gasteiger partial charge in [-0.2, -0.15) is 0 Å². The standard InChI is InChI=1S/C37H40N2O6Si2/c1-7-46(3,4)25-43-32-19-11-27(12-20-32)35(40)38-30-15-9-29(10-16-30)37(42)45-34-23-17-31(18-24-34)39-36(41)28-13-21-33(22-14-28)44-26-47(5,6)8-2/h7-24H,1-2,25-26H2,3-6H3,(H,38,40)(H,39,41). The van der Waals surface area contributed by atoms with Gasteiger partial charge in [0.05, 0.1) is 18.0 Å². The molecule has 2 amide bonds. The van der Waals surface area contributed by atoms with Crippen LogP contribution in [0.2, 0.25) is 26.2 Å². The lowest BCUT2D eigenvalue weighted by Gasteiger charge is -2.17. The first-order chi connectivity index (χ1) is 22.4. The molecule has 8 nitrogen and oxygen atoms in total. The molecule has 47 heavy (non-hydrogen) atoms. The van der Waals surface area contributed by atoms with Crippen molar-refractivity contribution in [2.75, 3.05) is 23.1 Å². The third-order valence-electron chi connectivity index (χ3n) is 7.26. The van der Waals surface area contributed by atoms with E-state index in [1.165, 1.54) is 0 Å². The van der Waals surface area contributed by atoms with Gasteiger partial charge in [-0.1, -0.05) is 37.6 Å². The Kier molecular flexibility index (Phi) is 11.4. The molecule has 2 N–H and O–H groups in total. The van der Waals surface area contributed by atoms with Gasteiger partial charge in [0.1, 0.15) is 33.4 Å². The molecule has 0 aliphatic heterocycles. The molecule has 0 bridgehead atoms. The number of anilines is 2. The van der Waals surface area contributed by atoms with Crippen LogP contribution in [-0.4, -0.2) is 46.4 Å². The lowest BCUT2D eigenvalue weighted by atomic mass is 10.1. The van der Waals surface area contributed by atoms with E-state index in [4.69, 9.17) is 14.2 Å². The maximum Gasteiger partial charge on any atom is 0.343 e. The molecule has 0 aliphatic carbocycles. The quantitative estimate of drug-likeness (QED) is 0.0802. The molecule has 0 unspecified atom stereocenters. The normalized spacial score (nSPS) is 11.1. The van der Waals surface area contributed by atoms with Gasteiger partial charge in [0.25, 0.3) is 11.8 Å². The fraction of sp³-hybridized carbons (Fsp3) is 0.162. The van der Waals surface area contributed by atoms with Crippen molar-refractivity contribution in [1.82, 2.24) is 0 Å². The summed E-state index contributed by atoms with van der Waals surface area (Å²) >= 11 is 0. The molecule has 0 aliphatic rings. The lowest BCUT2D eigenvalue weighted by molar-refractivity contribution is 0.0734. The number of hydrogen-bond donors (Lipinski definition) is 2. The van der Waals surface area contributed by atoms with Gasteiger partial charge >= 0.3 is 5.97 Å². The van der Waals surface area contributed by atoms with Crippen LogP contribution in [0.1, 0.15) is 31.1 Å². The van der Waals surface area contributed by atoms with Crippen LogP contribution in [0.4, 0.5) is 11.4 Å². The van der Waals surface area contributed by atoms with Gasteiger partial charge in [-0.3, -0.25) is 9.59 Å². The lowest BCUT2D eigenvalue weighted by Crippen LogP contribution is -2.31. The second-order valence-corrected chi connectivity index (χ2v) is 21.8. The Bertz CT molecular complexity index is 1720. The summed E-state index contributed by atoms with van der Waals surface area (Å²) in [6, 6.07) is 26.8. The van der Waals surface area contributed by atoms with Crippen molar-refractivity contribution < 1.29 is 28.6 Å². The second-order valence-electron chi connectivity index (χ2n) is 12.4. The van der Waals surface area contributed by atoms with Crippen molar-refractivity contribution in [3.63, 3.8) is 0 Å². The summed E-state index contributed by atoms with van der Waals surface area (Å²) in [6.45, 7) is 16.4. The Labute approximate surface area is 278 Å². The summed E-state index contributed by atoms with van der Waals surface area (Å²) < 4.78 is 17.2. The second kappa shape index (κ2) is 15.4. The molecular weight excluding hydrogens is 625 g/mol. The first-order valence-electron chi connectivity index (χ1n) is 15.1. The molecule has 0 saturated heterocycles. The molecule has 0 heterocycles. The van der Waals surface area contributed by atoms with Crippen molar-refractivity contribution in [3.8, 4) is 17.2 Å². The summed E-state index contributed by atoms with van der Waals surface area (Å²) in [5.74, 6) is 0.608. The average molecular weight is 665 g/mol. The van der Waals surface area contributed by atoms with Crippen molar-refractivity contribution in [1.29, 1.82) is 0 Å². The molecular formula is C37H40N2O6Si2. The van der Waals surface area contributed by atoms with E-state index in [9.17, 15) is 14.4 Å². The number of nitrogens with one attached hydrogen (secondary N) is 2. The summed E-state index contributed by atoms with van der Waals surface area (Å²) in [4.78, 5) is 38.2. The molecule has 0 fully saturated rings. The first-order valence-corrected chi connectivity index (χ1v) is 21.7. The van der Waals surface area contributed by atoms with Gasteiger partial charge < -0.3 is 24.8 Å². The highest BCUT2D eigenvalue weighted by Crippen LogP contribution is 2.21. The summed E-state index contributed by atoms with van der Waals surface area (Å²) in [7, 11) is -3.19. The molecule has 242 valence electrons. The topological polar surface area (TPSA) is 103 Å². The van der Waals surface area contributed by atoms with E-state index >= 15 is 0 Å². The van der Waals surface area contributed by atoms with E-state index < -0.39 is 22.1 Å². The Balaban J connectivity index is 1.25. The van der Waals surface area contributed by atoms with E-state index in [-0.39, 0.29) is 11.8 Å². The SMILES string of the molecule is C=C[Si](C)(C)COc1ccc(C(=O)Nc2ccc(OC(=O)c3ccc(NC(=O)c4ccc(OC[Si](C)(C)C=C)cc4)cc3)cc2)cc1. The predicted octanol–water partition coefficient (Wildman–Crippen LogP) is 8.11. The summed E-state index contributed by atoms with van der Waals surface area (Å²) in [5, 5.41) is 5.66. The zero-order valence-corrected chi connectivity index (χ0v) is 29.2. The van der Waals surface area contributed by atoms with Crippen molar-refractivity contribution in [2.45, 2.75) is 26.2 Å². The van der Waals surface area contributed by atoms with E-state index in [0.717, 1.165) is 0 Å². The van der Waals surface area contributed by atoms with E-state index in [0.29, 0.717) is 57.8 Å². The van der Waals surface area contributed by atoms with Crippen LogP contribution in [0.15, 0.2) is 122 Å². The molecule has 4 aromatic carbocycles. The monoisotopic (exact) mass is 664 g/mol. The minimum Gasteiger partial charge on any atom is -0.497 e. The fourth-order valence-electron chi connectivity index (χ4n) is 3.93. The van der Waals surface area contributed by atoms with Crippen LogP contribution in [0.25, 0.3) is 0 Å². The number of carbonyl (C=O) groups is 3. The molecule has 0 spiro atoms. The van der Waals surface area contributed by atoms with Gasteiger partial charge in [-0.05, 0) is 97.1 Å². The van der Waals surface area contributed by atoms with Gasteiger partial charge in [0.2, 0.25) is 0 Å². The first kappa shape index (κ1) is 34.7. The highest BCUT2D eigenvalue weighted by molar-refractivity contribution is 6.82. The molecule has 0 aromatic heterocycles. The smallest absolute Gasteiger partial charge is 0.343 e. The fourth-order valence-corrected chi connectivity index (χ4v) is 5.24. The van der Waals surface area contributed by atoms with Crippen molar-refractivity contribution in [2.24, 2.45) is 0 Å². The highest BCUT2D eigenvalue weighted by atomic mass is 28.3. The molecule has 0 saturated carbocycles. The van der Waals surface area contributed by atoms with E-state index in [1.54, 1.807) is 97.1 Å². The van der Waals surface area contributed by atoms with Crippen LogP contribution in [0, 0.1) is 0 Å². The van der Waals surface area contributed by atoms with Gasteiger partial charge in [-0.15, -0.1) is 13.2 Å². The van der Waals surface area contributed by atoms with Crippen LogP contribution >= 0.6 is 0 Å². The van der Waals surface area contributed by atoms with Crippen molar-refractivity contribution in [3.05, 3.63) is 138 Å². The number of esters is 1. The van der Waals surface area contributed by atoms with Gasteiger partial charge in [0, 0.05) is 22.5 Å². The Morgan fingerprint density at radius 2 is 0.894 bits per heavy atom. The molecule has 0 atom stereocenters. The minimum absolute atomic E-state index is 0.273. The van der Waals surface area contributed by atoms with Crippen LogP contribution in [-0.2, 0) is 0 Å². The number of amides is 2. The Morgan fingerprint density at radius 1 is 0.553 bits per heavy atom. The summed E-state index contributed by atoms with van der Waals surface area (Å²) in [6.07, 6.45) is 1.23. The molecule has 4 aromatic rings. The number of benzene rings is 4. The molecule has 10 heteroatoms. The number of carbonyl (C=O) groups excluding carboxylic acids is 3. The van der Waals surface area contributed by atoms with Crippen molar-refractivity contribution >= 4 is 45.3 Å². The molecule has 4 rings (SSSR count). The van der Waals surface area contributed by atoms with Crippen LogP contribution in [0.5, 0.6) is 17.2 Å². The third kappa shape index (κ3) is 10.4. The van der Waals surface area contributed by atoms with Crippen LogP contribution in [0.3, 0.4) is 0 Å². The third-order valence-corrected chi connectivity index (χ3v) is 11.2. The van der Waals surface area contributed by atoms with Gasteiger partial charge in [0.15, 0.2) is 0 Å². The maximum atomic E-state index is 12.7. The zero-order valence-electron chi connectivity index (χ0n) is 27.2. The number of hydrogen-bond acceptors (Lipinski definition) is 6. The Hall–Kier alpha value is -5.20. The molecule has 0 radical (unpaired) electrons. The maximum absolute atomic E-state index is 12.7. The Morgan fingerprint density at radius 3 is 1.28 bits per heavy atom. The largest absolute Gasteiger partial charge is 0.497 e. The summed E-state index contributed by atoms with van der Waals surface area (Å²) in [5.41, 5.74) is 6.32. The predicted molar refractivity (Wildman–Crippen MR) is 193 cm³/mol. The van der Waals surface area contributed by atoms with Gasteiger partial charge in [-0.25, -0.2) is 4.79 Å². The van der Waals surface area contributed by atoms with Crippen LogP contribution < -0.4 is 24.8 Å². The highest BCUT2D eigenvalue weighted by Gasteiger charge is 2.18. The number of ether oxygens (including phenoxy) is 3. The zero-order chi connectivity index (χ0) is 34.0. The average Bonchev–Trinajstić information content (AvgIpc) is 3.08. The minimum atomic E-state index is -1.60. The number of rotatable bonds is 14. The van der Waals surface area contributed by atoms with E-state index in [2.05, 4.69) is 50.0 Å².